The summed E-state index contributed by atoms with van der Waals surface area (Å²) in [4.78, 5) is 17.5. The van der Waals surface area contributed by atoms with Crippen LogP contribution in [0.1, 0.15) is 56.6 Å². The number of carbonyl (C=O) groups excluding carboxylic acids is 1. The molecule has 0 aromatic heterocycles. The van der Waals surface area contributed by atoms with E-state index in [1.165, 1.54) is 11.1 Å². The van der Waals surface area contributed by atoms with E-state index in [2.05, 4.69) is 47.7 Å². The van der Waals surface area contributed by atoms with Crippen LogP contribution in [0, 0.1) is 0 Å². The maximum atomic E-state index is 12.9. The Kier molecular flexibility index (Phi) is 12.7. The number of hydrogen-bond acceptors (Lipinski definition) is 5. The molecular weight excluding hydrogens is 541 g/mol. The number of unbranched alkanes of at least 4 members (excludes halogenated alkanes) is 1. The number of aliphatic hydroxyl groups is 1. The summed E-state index contributed by atoms with van der Waals surface area (Å²) in [5.74, 6) is 1.43. The first-order valence-electron chi connectivity index (χ1n) is 11.8. The Labute approximate surface area is 217 Å². The number of rotatable bonds is 13. The van der Waals surface area contributed by atoms with Gasteiger partial charge in [0.05, 0.1) is 5.57 Å². The molecule has 0 aliphatic carbocycles. The first-order chi connectivity index (χ1) is 16.4. The molecule has 0 unspecified atom stereocenters. The minimum atomic E-state index is -0.174. The molecule has 34 heavy (non-hydrogen) atoms. The number of benzene rings is 2. The van der Waals surface area contributed by atoms with Gasteiger partial charge < -0.3 is 20.5 Å². The predicted molar refractivity (Wildman–Crippen MR) is 147 cm³/mol. The van der Waals surface area contributed by atoms with Gasteiger partial charge >= 0.3 is 0 Å². The van der Waals surface area contributed by atoms with Crippen molar-refractivity contribution < 1.29 is 14.6 Å². The zero-order valence-electron chi connectivity index (χ0n) is 20.3. The SMILES string of the molecule is CNC(/N=C(\I)Oc1cccc(C(C)C)c1)=C(/CCCCc1ccccc1)C(=O)NCCCO. The van der Waals surface area contributed by atoms with Crippen molar-refractivity contribution in [2.75, 3.05) is 20.2 Å². The molecule has 1 amide bonds. The van der Waals surface area contributed by atoms with Crippen LogP contribution in [0.15, 0.2) is 71.0 Å². The summed E-state index contributed by atoms with van der Waals surface area (Å²) in [6.45, 7) is 4.73. The van der Waals surface area contributed by atoms with E-state index in [0.717, 1.165) is 19.3 Å². The Balaban J connectivity index is 2.16. The van der Waals surface area contributed by atoms with Crippen LogP contribution in [0.25, 0.3) is 0 Å². The van der Waals surface area contributed by atoms with Gasteiger partial charge in [-0.1, -0.05) is 56.3 Å². The second-order valence-electron chi connectivity index (χ2n) is 8.30. The number of halogens is 1. The van der Waals surface area contributed by atoms with Gasteiger partial charge in [-0.2, -0.15) is 4.99 Å². The zero-order valence-corrected chi connectivity index (χ0v) is 22.5. The lowest BCUT2D eigenvalue weighted by Gasteiger charge is -2.14. The molecule has 0 saturated heterocycles. The minimum Gasteiger partial charge on any atom is -0.434 e. The van der Waals surface area contributed by atoms with Crippen LogP contribution in [0.3, 0.4) is 0 Å². The fraction of sp³-hybridized carbons (Fsp3) is 0.407. The van der Waals surface area contributed by atoms with E-state index in [4.69, 9.17) is 9.84 Å². The zero-order chi connectivity index (χ0) is 24.8. The molecule has 0 bridgehead atoms. The molecular formula is C27H36IN3O3. The highest BCUT2D eigenvalue weighted by atomic mass is 127. The van der Waals surface area contributed by atoms with E-state index >= 15 is 0 Å². The third-order valence-electron chi connectivity index (χ3n) is 5.33. The Morgan fingerprint density at radius 2 is 1.85 bits per heavy atom. The van der Waals surface area contributed by atoms with Crippen LogP contribution in [0.4, 0.5) is 0 Å². The van der Waals surface area contributed by atoms with Gasteiger partial charge in [0, 0.05) is 42.8 Å². The van der Waals surface area contributed by atoms with Gasteiger partial charge in [0.15, 0.2) is 0 Å². The number of aryl methyl sites for hydroxylation is 1. The number of nitrogens with one attached hydrogen (secondary N) is 2. The van der Waals surface area contributed by atoms with E-state index < -0.39 is 0 Å². The van der Waals surface area contributed by atoms with Crippen LogP contribution in [-0.2, 0) is 11.2 Å². The lowest BCUT2D eigenvalue weighted by molar-refractivity contribution is -0.117. The van der Waals surface area contributed by atoms with Gasteiger partial charge in [0.1, 0.15) is 11.6 Å². The molecule has 184 valence electrons. The topological polar surface area (TPSA) is 83.0 Å². The molecule has 7 heteroatoms. The number of carbonyl (C=O) groups is 1. The van der Waals surface area contributed by atoms with Crippen molar-refractivity contribution in [3.63, 3.8) is 0 Å². The summed E-state index contributed by atoms with van der Waals surface area (Å²) in [5, 5.41) is 15.0. The third kappa shape index (κ3) is 9.85. The Morgan fingerprint density at radius 1 is 1.09 bits per heavy atom. The van der Waals surface area contributed by atoms with E-state index in [1.54, 1.807) is 7.05 Å². The summed E-state index contributed by atoms with van der Waals surface area (Å²) in [7, 11) is 1.76. The van der Waals surface area contributed by atoms with E-state index in [-0.39, 0.29) is 12.5 Å². The van der Waals surface area contributed by atoms with Gasteiger partial charge in [-0.15, -0.1) is 0 Å². The molecule has 0 radical (unpaired) electrons. The molecule has 0 aliphatic heterocycles. The first-order valence-corrected chi connectivity index (χ1v) is 12.9. The van der Waals surface area contributed by atoms with E-state index in [0.29, 0.717) is 46.4 Å². The summed E-state index contributed by atoms with van der Waals surface area (Å²) >= 11 is 2.05. The lowest BCUT2D eigenvalue weighted by Crippen LogP contribution is -2.29. The second kappa shape index (κ2) is 15.5. The van der Waals surface area contributed by atoms with Crippen LogP contribution < -0.4 is 15.4 Å². The highest BCUT2D eigenvalue weighted by Gasteiger charge is 2.16. The molecule has 2 rings (SSSR count). The molecule has 0 saturated carbocycles. The summed E-state index contributed by atoms with van der Waals surface area (Å²) in [6.07, 6.45) is 3.88. The molecule has 0 spiro atoms. The van der Waals surface area contributed by atoms with Crippen molar-refractivity contribution in [2.24, 2.45) is 4.99 Å². The number of amides is 1. The van der Waals surface area contributed by atoms with Crippen molar-refractivity contribution in [1.82, 2.24) is 10.6 Å². The highest BCUT2D eigenvalue weighted by Crippen LogP contribution is 2.22. The van der Waals surface area contributed by atoms with Crippen LogP contribution in [-0.4, -0.2) is 35.1 Å². The number of ether oxygens (including phenoxy) is 1. The molecule has 0 atom stereocenters. The lowest BCUT2D eigenvalue weighted by atomic mass is 10.0. The smallest absolute Gasteiger partial charge is 0.259 e. The number of aliphatic imine (C=N–C) groups is 1. The molecule has 0 fully saturated rings. The number of aliphatic hydroxyl groups excluding tert-OH is 1. The average Bonchev–Trinajstić information content (AvgIpc) is 2.83. The molecule has 0 aliphatic rings. The van der Waals surface area contributed by atoms with Gasteiger partial charge in [-0.05, 0) is 61.3 Å². The average molecular weight is 578 g/mol. The quantitative estimate of drug-likeness (QED) is 0.0990. The molecule has 2 aromatic rings. The number of hydrogen-bond donors (Lipinski definition) is 3. The van der Waals surface area contributed by atoms with Crippen LogP contribution >= 0.6 is 22.6 Å². The van der Waals surface area contributed by atoms with Crippen molar-refractivity contribution >= 4 is 32.4 Å². The highest BCUT2D eigenvalue weighted by molar-refractivity contribution is 14.1. The largest absolute Gasteiger partial charge is 0.434 e. The maximum Gasteiger partial charge on any atom is 0.259 e. The summed E-state index contributed by atoms with van der Waals surface area (Å²) < 4.78 is 6.37. The maximum absolute atomic E-state index is 12.9. The standard InChI is InChI=1S/C27H36IN3O3/c1-20(2)22-14-9-15-23(19-22)34-27(28)31-25(29-3)24(26(33)30-17-10-18-32)16-8-7-13-21-11-5-4-6-12-21/h4-6,9,11-12,14-15,19-20,29,32H,7-8,10,13,16-18H2,1-3H3,(H,30,33)/b25-24+,31-27+. The van der Waals surface area contributed by atoms with Crippen LogP contribution in [0.2, 0.25) is 0 Å². The first kappa shape index (κ1) is 27.9. The molecule has 6 nitrogen and oxygen atoms in total. The fourth-order valence-corrected chi connectivity index (χ4v) is 3.92. The number of nitrogens with zero attached hydrogens (tertiary/aromatic N) is 1. The second-order valence-corrected chi connectivity index (χ2v) is 9.22. The van der Waals surface area contributed by atoms with Crippen molar-refractivity contribution in [2.45, 2.75) is 51.9 Å². The van der Waals surface area contributed by atoms with Gasteiger partial charge in [-0.25, -0.2) is 0 Å². The normalized spacial score (nSPS) is 12.4. The Hall–Kier alpha value is -2.39. The molecule has 3 N–H and O–H groups in total. The van der Waals surface area contributed by atoms with Gasteiger partial charge in [0.2, 0.25) is 0 Å². The molecule has 0 heterocycles. The predicted octanol–water partition coefficient (Wildman–Crippen LogP) is 5.32. The monoisotopic (exact) mass is 577 g/mol. The van der Waals surface area contributed by atoms with Crippen molar-refractivity contribution in [3.05, 3.63) is 77.1 Å². The Morgan fingerprint density at radius 3 is 2.53 bits per heavy atom. The summed E-state index contributed by atoms with van der Waals surface area (Å²) in [6, 6.07) is 18.3. The molecule has 2 aromatic carbocycles. The van der Waals surface area contributed by atoms with Crippen molar-refractivity contribution in [3.8, 4) is 5.75 Å². The van der Waals surface area contributed by atoms with Gasteiger partial charge in [0.25, 0.3) is 9.81 Å². The minimum absolute atomic E-state index is 0.0363. The third-order valence-corrected chi connectivity index (χ3v) is 5.79. The van der Waals surface area contributed by atoms with E-state index in [1.807, 2.05) is 59.0 Å². The van der Waals surface area contributed by atoms with Crippen LogP contribution in [0.5, 0.6) is 5.75 Å². The van der Waals surface area contributed by atoms with E-state index in [9.17, 15) is 4.79 Å². The van der Waals surface area contributed by atoms with Crippen molar-refractivity contribution in [1.29, 1.82) is 0 Å². The van der Waals surface area contributed by atoms with Gasteiger partial charge in [-0.3, -0.25) is 4.79 Å². The Bertz CT molecular complexity index is 959. The fourth-order valence-electron chi connectivity index (χ4n) is 3.42. The summed E-state index contributed by atoms with van der Waals surface area (Å²) in [5.41, 5.74) is 3.06.